The molecular formula is C48H76N2O7S. The fraction of sp³-hybridized carbons (Fsp3) is 0.938. The molecule has 3 unspecified atom stereocenters. The number of esters is 1. The molecule has 9 nitrogen and oxygen atoms in total. The van der Waals surface area contributed by atoms with Crippen molar-refractivity contribution >= 4 is 27.7 Å². The van der Waals surface area contributed by atoms with E-state index in [1.807, 2.05) is 13.8 Å². The first-order valence-corrected chi connectivity index (χ1v) is 25.5. The lowest BCUT2D eigenvalue weighted by Crippen LogP contribution is -2.68. The second-order valence-corrected chi connectivity index (χ2v) is 26.5. The van der Waals surface area contributed by atoms with Gasteiger partial charge in [-0.3, -0.25) is 19.3 Å². The predicted octanol–water partition coefficient (Wildman–Crippen LogP) is 8.25. The van der Waals surface area contributed by atoms with Crippen molar-refractivity contribution in [2.75, 3.05) is 37.7 Å². The molecule has 0 bridgehead atoms. The highest BCUT2D eigenvalue weighted by Crippen LogP contribution is 2.79. The summed E-state index contributed by atoms with van der Waals surface area (Å²) in [7, 11) is -2.94. The summed E-state index contributed by atoms with van der Waals surface area (Å²) in [6.45, 7) is 21.9. The number of hydrogen-bond acceptors (Lipinski definition) is 7. The third-order valence-corrected chi connectivity index (χ3v) is 23.0. The maximum absolute atomic E-state index is 15.5. The molecule has 1 N–H and O–H groups in total. The van der Waals surface area contributed by atoms with E-state index >= 15 is 4.79 Å². The van der Waals surface area contributed by atoms with Crippen LogP contribution in [-0.4, -0.2) is 91.0 Å². The normalized spacial score (nSPS) is 48.3. The molecule has 13 atom stereocenters. The highest BCUT2D eigenvalue weighted by molar-refractivity contribution is 7.91. The number of carbonyl (C=O) groups excluding carboxylic acids is 2. The van der Waals surface area contributed by atoms with Gasteiger partial charge < -0.3 is 14.7 Å². The van der Waals surface area contributed by atoms with Crippen LogP contribution in [0.3, 0.4) is 0 Å². The fourth-order valence-electron chi connectivity index (χ4n) is 17.3. The molecule has 9 fully saturated rings. The van der Waals surface area contributed by atoms with Crippen LogP contribution in [0.15, 0.2) is 0 Å². The molecule has 0 aromatic rings. The number of nitrogens with zero attached hydrogens (tertiary/aromatic N) is 2. The summed E-state index contributed by atoms with van der Waals surface area (Å²) in [6, 6.07) is 0.190. The van der Waals surface area contributed by atoms with Gasteiger partial charge >= 0.3 is 11.9 Å². The maximum atomic E-state index is 15.5. The number of likely N-dealkylation sites (tertiary alicyclic amines) is 1. The Morgan fingerprint density at radius 2 is 1.40 bits per heavy atom. The number of carboxylic acid groups (broad SMARTS) is 1. The van der Waals surface area contributed by atoms with Crippen LogP contribution >= 0.6 is 0 Å². The van der Waals surface area contributed by atoms with Crippen molar-refractivity contribution in [1.82, 2.24) is 9.80 Å². The van der Waals surface area contributed by atoms with Crippen LogP contribution in [0.25, 0.3) is 0 Å². The maximum Gasteiger partial charge on any atom is 0.309 e. The van der Waals surface area contributed by atoms with Gasteiger partial charge in [-0.25, -0.2) is 8.42 Å². The van der Waals surface area contributed by atoms with E-state index in [1.165, 1.54) is 38.5 Å². The minimum absolute atomic E-state index is 0.135. The fourth-order valence-corrected chi connectivity index (χ4v) is 18.5. The highest BCUT2D eigenvalue weighted by atomic mass is 32.2. The number of carbonyl (C=O) groups is 3. The van der Waals surface area contributed by atoms with Crippen LogP contribution in [0.5, 0.6) is 0 Å². The van der Waals surface area contributed by atoms with E-state index in [0.717, 1.165) is 64.5 Å². The zero-order valence-electron chi connectivity index (χ0n) is 37.2. The molecule has 7 aliphatic carbocycles. The van der Waals surface area contributed by atoms with E-state index in [9.17, 15) is 23.1 Å². The van der Waals surface area contributed by atoms with Crippen LogP contribution in [0, 0.1) is 79.3 Å². The van der Waals surface area contributed by atoms with Gasteiger partial charge in [-0.05, 0) is 153 Å². The van der Waals surface area contributed by atoms with Crippen molar-refractivity contribution in [3.8, 4) is 0 Å². The predicted molar refractivity (Wildman–Crippen MR) is 224 cm³/mol. The van der Waals surface area contributed by atoms with Gasteiger partial charge in [0.15, 0.2) is 9.84 Å². The number of sulfone groups is 1. The van der Waals surface area contributed by atoms with E-state index in [1.54, 1.807) is 0 Å². The molecule has 9 aliphatic rings. The first-order valence-electron chi connectivity index (χ1n) is 23.7. The molecule has 0 spiro atoms. The first-order chi connectivity index (χ1) is 27.0. The molecular weight excluding hydrogens is 749 g/mol. The Morgan fingerprint density at radius 1 is 0.690 bits per heavy atom. The lowest BCUT2D eigenvalue weighted by molar-refractivity contribution is -0.253. The Kier molecular flexibility index (Phi) is 9.63. The third-order valence-electron chi connectivity index (χ3n) is 21.4. The van der Waals surface area contributed by atoms with Gasteiger partial charge in [-0.1, -0.05) is 55.4 Å². The summed E-state index contributed by atoms with van der Waals surface area (Å²) < 4.78 is 30.9. The number of amides is 1. The van der Waals surface area contributed by atoms with Crippen molar-refractivity contribution in [1.29, 1.82) is 0 Å². The molecule has 7 saturated carbocycles. The van der Waals surface area contributed by atoms with Gasteiger partial charge in [0, 0.05) is 37.6 Å². The quantitative estimate of drug-likeness (QED) is 0.255. The Balaban J connectivity index is 0.958. The Bertz CT molecular complexity index is 1810. The van der Waals surface area contributed by atoms with Crippen molar-refractivity contribution < 1.29 is 32.6 Å². The first kappa shape index (κ1) is 41.7. The number of carboxylic acids is 1. The van der Waals surface area contributed by atoms with Crippen LogP contribution in [0.4, 0.5) is 0 Å². The second-order valence-electron chi connectivity index (χ2n) is 24.2. The Morgan fingerprint density at radius 3 is 2.05 bits per heavy atom. The zero-order valence-corrected chi connectivity index (χ0v) is 38.1. The monoisotopic (exact) mass is 825 g/mol. The summed E-state index contributed by atoms with van der Waals surface area (Å²) in [6.07, 6.45) is 15.9. The second kappa shape index (κ2) is 13.4. The Hall–Kier alpha value is -1.68. The van der Waals surface area contributed by atoms with E-state index in [0.29, 0.717) is 60.4 Å². The summed E-state index contributed by atoms with van der Waals surface area (Å²) >= 11 is 0. The standard InChI is InChI=1S/C48H76N2O7S/c1-42(2)33(39(51)52)28-34(42)40(53)57-37-15-16-45(6)35(43(37,3)4)14-17-47(8)36(45)12-11-32-38-31(44(5)19-20-44)13-18-48(38,22-21-46(32,47)7)41(54)50-23-9-10-30(50)29-49-24-26-58(55,56)27-25-49/h30-38H,9-29H2,1-8H3,(H,51,52)/t30-,31+,32+,33-,34+,35?,36?,37-,38?,45-,46+,47+,48-/m0/s1. The molecule has 0 aromatic heterocycles. The van der Waals surface area contributed by atoms with Crippen molar-refractivity contribution in [2.45, 2.75) is 164 Å². The smallest absolute Gasteiger partial charge is 0.309 e. The molecule has 9 rings (SSSR count). The molecule has 326 valence electrons. The molecule has 0 radical (unpaired) electrons. The summed E-state index contributed by atoms with van der Waals surface area (Å²) in [5, 5.41) is 9.70. The molecule has 2 aliphatic heterocycles. The lowest BCUT2D eigenvalue weighted by atomic mass is 9.32. The van der Waals surface area contributed by atoms with Crippen LogP contribution in [0.2, 0.25) is 0 Å². The lowest BCUT2D eigenvalue weighted by Gasteiger charge is -2.73. The molecule has 1 amide bonds. The molecule has 10 heteroatoms. The molecule has 2 saturated heterocycles. The van der Waals surface area contributed by atoms with Gasteiger partial charge in [0.1, 0.15) is 6.10 Å². The van der Waals surface area contributed by atoms with Gasteiger partial charge in [0.2, 0.25) is 5.91 Å². The molecule has 58 heavy (non-hydrogen) atoms. The third kappa shape index (κ3) is 5.86. The SMILES string of the molecule is CC1([C@@H]2CC[C@]3(C(=O)N4CCC[C@H]4CN4CCS(=O)(=O)CC4)CC[C@]4(C)[C@H](CCC5[C@@]6(C)CC[C@H](OC(=O)[C@H]7C[C@@H](C(=O)O)C7(C)C)C(C)(C)C6CC[C@]54C)C23)CC1. The number of hydrogen-bond donors (Lipinski definition) is 1. The molecule has 2 heterocycles. The zero-order chi connectivity index (χ0) is 41.6. The molecule has 0 aromatic carbocycles. The topological polar surface area (TPSA) is 121 Å². The van der Waals surface area contributed by atoms with Gasteiger partial charge in [0.05, 0.1) is 28.8 Å². The average molecular weight is 825 g/mol. The van der Waals surface area contributed by atoms with E-state index in [4.69, 9.17) is 4.74 Å². The van der Waals surface area contributed by atoms with E-state index in [-0.39, 0.29) is 62.6 Å². The van der Waals surface area contributed by atoms with Crippen LogP contribution in [0.1, 0.15) is 152 Å². The minimum Gasteiger partial charge on any atom is -0.481 e. The van der Waals surface area contributed by atoms with Crippen LogP contribution < -0.4 is 0 Å². The van der Waals surface area contributed by atoms with E-state index < -0.39 is 27.1 Å². The van der Waals surface area contributed by atoms with Crippen molar-refractivity contribution in [3.05, 3.63) is 0 Å². The van der Waals surface area contributed by atoms with Gasteiger partial charge in [0.25, 0.3) is 0 Å². The van der Waals surface area contributed by atoms with Crippen molar-refractivity contribution in [3.63, 3.8) is 0 Å². The summed E-state index contributed by atoms with van der Waals surface area (Å²) in [4.78, 5) is 45.7. The Labute approximate surface area is 349 Å². The van der Waals surface area contributed by atoms with E-state index in [2.05, 4.69) is 51.3 Å². The average Bonchev–Trinajstić information content (AvgIpc) is 3.52. The summed E-state index contributed by atoms with van der Waals surface area (Å²) in [5.74, 6) is 1.64. The van der Waals surface area contributed by atoms with Gasteiger partial charge in [-0.2, -0.15) is 0 Å². The highest BCUT2D eigenvalue weighted by Gasteiger charge is 2.74. The number of rotatable bonds is 7. The van der Waals surface area contributed by atoms with Gasteiger partial charge in [-0.15, -0.1) is 0 Å². The largest absolute Gasteiger partial charge is 0.481 e. The number of ether oxygens (including phenoxy) is 1. The number of aliphatic carboxylic acids is 1. The van der Waals surface area contributed by atoms with Crippen molar-refractivity contribution in [2.24, 2.45) is 79.3 Å². The summed E-state index contributed by atoms with van der Waals surface area (Å²) in [5.41, 5.74) is -0.232. The number of fused-ring (bicyclic) bond motifs is 7. The minimum atomic E-state index is -2.94. The van der Waals surface area contributed by atoms with Crippen LogP contribution in [-0.2, 0) is 29.0 Å².